The topological polar surface area (TPSA) is 52.9 Å². The van der Waals surface area contributed by atoms with Crippen LogP contribution in [0.2, 0.25) is 0 Å². The Hall–Kier alpha value is -1.26. The van der Waals surface area contributed by atoms with Crippen LogP contribution in [0.25, 0.3) is 0 Å². The van der Waals surface area contributed by atoms with Gasteiger partial charge in [0.15, 0.2) is 0 Å². The molecule has 1 heterocycles. The van der Waals surface area contributed by atoms with Gasteiger partial charge in [-0.15, -0.1) is 0 Å². The first-order chi connectivity index (χ1) is 11.0. The van der Waals surface area contributed by atoms with E-state index in [-0.39, 0.29) is 17.8 Å². The van der Waals surface area contributed by atoms with Crippen LogP contribution in [0.1, 0.15) is 39.0 Å². The lowest BCUT2D eigenvalue weighted by atomic mass is 9.90. The van der Waals surface area contributed by atoms with Gasteiger partial charge in [0.25, 0.3) is 0 Å². The standard InChI is InChI=1S/C17H20Cl2N2O2/c1-10-2-7-15(13(19)8-10)21-16(9-14(20-21)17(22)23)11-3-5-12(18)6-4-11/h3,5,8,10,15-16H,2,4,6-7,9H2,1H3,(H,22,23)/t10-,15+,16?/m0/s1. The van der Waals surface area contributed by atoms with Gasteiger partial charge in [-0.1, -0.05) is 42.3 Å². The third kappa shape index (κ3) is 3.48. The van der Waals surface area contributed by atoms with Gasteiger partial charge >= 0.3 is 5.97 Å². The number of carboxylic acids is 1. The molecule has 3 rings (SSSR count). The molecule has 0 radical (unpaired) electrons. The van der Waals surface area contributed by atoms with Crippen LogP contribution < -0.4 is 0 Å². The van der Waals surface area contributed by atoms with E-state index < -0.39 is 5.97 Å². The number of hydrazone groups is 1. The molecule has 0 bridgehead atoms. The molecule has 0 saturated carbocycles. The average molecular weight is 355 g/mol. The number of halogens is 2. The van der Waals surface area contributed by atoms with Gasteiger partial charge in [0.1, 0.15) is 5.71 Å². The van der Waals surface area contributed by atoms with Crippen molar-refractivity contribution < 1.29 is 9.90 Å². The molecule has 1 unspecified atom stereocenters. The lowest BCUT2D eigenvalue weighted by molar-refractivity contribution is -0.129. The Kier molecular flexibility index (Phi) is 4.83. The minimum absolute atomic E-state index is 0.0306. The van der Waals surface area contributed by atoms with Crippen LogP contribution in [0.15, 0.2) is 39.0 Å². The van der Waals surface area contributed by atoms with E-state index in [1.807, 2.05) is 17.2 Å². The van der Waals surface area contributed by atoms with Crippen molar-refractivity contribution in [1.29, 1.82) is 0 Å². The van der Waals surface area contributed by atoms with Gasteiger partial charge in [0, 0.05) is 16.5 Å². The maximum atomic E-state index is 11.4. The number of hydrogen-bond donors (Lipinski definition) is 1. The molecule has 2 aliphatic carbocycles. The Labute approximate surface area is 146 Å². The van der Waals surface area contributed by atoms with Crippen molar-refractivity contribution in [3.8, 4) is 0 Å². The van der Waals surface area contributed by atoms with Crippen molar-refractivity contribution in [2.45, 2.75) is 51.1 Å². The number of hydrogen-bond acceptors (Lipinski definition) is 3. The second-order valence-electron chi connectivity index (χ2n) is 6.43. The molecule has 1 N–H and O–H groups in total. The molecule has 6 heteroatoms. The SMILES string of the molecule is C[C@@H]1C=C(Cl)[C@H](N2N=C(C(=O)O)CC2C2=CC=C(Cl)CC2)CC1. The van der Waals surface area contributed by atoms with Gasteiger partial charge in [-0.3, -0.25) is 5.01 Å². The van der Waals surface area contributed by atoms with Gasteiger partial charge in [-0.2, -0.15) is 5.10 Å². The smallest absolute Gasteiger partial charge is 0.352 e. The number of aliphatic carboxylic acids is 1. The van der Waals surface area contributed by atoms with Crippen LogP contribution in [0, 0.1) is 5.92 Å². The van der Waals surface area contributed by atoms with Crippen LogP contribution in [-0.4, -0.2) is 33.9 Å². The fraction of sp³-hybridized carbons (Fsp3) is 0.529. The summed E-state index contributed by atoms with van der Waals surface area (Å²) in [5.41, 5.74) is 1.39. The van der Waals surface area contributed by atoms with E-state index >= 15 is 0 Å². The van der Waals surface area contributed by atoms with Crippen molar-refractivity contribution in [2.75, 3.05) is 0 Å². The van der Waals surface area contributed by atoms with Crippen LogP contribution >= 0.6 is 23.2 Å². The van der Waals surface area contributed by atoms with Gasteiger partial charge in [0.2, 0.25) is 0 Å². The van der Waals surface area contributed by atoms with Crippen LogP contribution in [-0.2, 0) is 4.79 Å². The normalized spacial score (nSPS) is 31.3. The third-order valence-corrected chi connectivity index (χ3v) is 5.42. The number of allylic oxidation sites excluding steroid dienone is 4. The van der Waals surface area contributed by atoms with E-state index in [1.165, 1.54) is 5.57 Å². The molecular weight excluding hydrogens is 335 g/mol. The van der Waals surface area contributed by atoms with E-state index in [0.717, 1.165) is 35.7 Å². The van der Waals surface area contributed by atoms with Crippen molar-refractivity contribution in [1.82, 2.24) is 5.01 Å². The van der Waals surface area contributed by atoms with E-state index in [2.05, 4.69) is 18.1 Å². The third-order valence-electron chi connectivity index (χ3n) is 4.72. The Morgan fingerprint density at radius 2 is 2.04 bits per heavy atom. The zero-order valence-electron chi connectivity index (χ0n) is 13.0. The lowest BCUT2D eigenvalue weighted by Crippen LogP contribution is -2.39. The Morgan fingerprint density at radius 3 is 2.65 bits per heavy atom. The summed E-state index contributed by atoms with van der Waals surface area (Å²) < 4.78 is 0. The molecule has 3 atom stereocenters. The molecule has 0 saturated heterocycles. The summed E-state index contributed by atoms with van der Waals surface area (Å²) in [5.74, 6) is -0.495. The molecule has 124 valence electrons. The molecule has 1 aliphatic heterocycles. The summed E-state index contributed by atoms with van der Waals surface area (Å²) in [7, 11) is 0. The minimum atomic E-state index is -0.952. The van der Waals surface area contributed by atoms with E-state index in [1.54, 1.807) is 0 Å². The van der Waals surface area contributed by atoms with Crippen LogP contribution in [0.5, 0.6) is 0 Å². The molecule has 0 aromatic heterocycles. The monoisotopic (exact) mass is 354 g/mol. The van der Waals surface area contributed by atoms with Crippen molar-refractivity contribution in [3.05, 3.63) is 33.9 Å². The highest BCUT2D eigenvalue weighted by Crippen LogP contribution is 2.37. The van der Waals surface area contributed by atoms with Gasteiger partial charge < -0.3 is 5.11 Å². The second kappa shape index (κ2) is 6.70. The van der Waals surface area contributed by atoms with Crippen molar-refractivity contribution in [3.63, 3.8) is 0 Å². The Balaban J connectivity index is 1.90. The highest BCUT2D eigenvalue weighted by Gasteiger charge is 2.38. The Bertz CT molecular complexity index is 637. The maximum Gasteiger partial charge on any atom is 0.352 e. The molecule has 4 nitrogen and oxygen atoms in total. The van der Waals surface area contributed by atoms with Crippen LogP contribution in [0.4, 0.5) is 0 Å². The zero-order chi connectivity index (χ0) is 16.6. The highest BCUT2D eigenvalue weighted by atomic mass is 35.5. The number of nitrogens with zero attached hydrogens (tertiary/aromatic N) is 2. The summed E-state index contributed by atoms with van der Waals surface area (Å²) in [5, 5.41) is 17.2. The van der Waals surface area contributed by atoms with Gasteiger partial charge in [-0.25, -0.2) is 4.79 Å². The lowest BCUT2D eigenvalue weighted by Gasteiger charge is -2.36. The molecule has 23 heavy (non-hydrogen) atoms. The summed E-state index contributed by atoms with van der Waals surface area (Å²) in [6.45, 7) is 2.14. The van der Waals surface area contributed by atoms with E-state index in [4.69, 9.17) is 23.2 Å². The molecule has 0 aromatic carbocycles. The molecule has 3 aliphatic rings. The van der Waals surface area contributed by atoms with Crippen molar-refractivity contribution in [2.24, 2.45) is 11.0 Å². The fourth-order valence-electron chi connectivity index (χ4n) is 3.43. The molecule has 0 fully saturated rings. The summed E-state index contributed by atoms with van der Waals surface area (Å²) >= 11 is 12.5. The first-order valence-electron chi connectivity index (χ1n) is 7.97. The van der Waals surface area contributed by atoms with E-state index in [9.17, 15) is 9.90 Å². The second-order valence-corrected chi connectivity index (χ2v) is 7.35. The number of carbonyl (C=O) groups is 1. The molecular formula is C17H20Cl2N2O2. The van der Waals surface area contributed by atoms with Crippen molar-refractivity contribution >= 4 is 34.9 Å². The summed E-state index contributed by atoms with van der Waals surface area (Å²) in [6, 6.07) is -0.0698. The Morgan fingerprint density at radius 1 is 1.26 bits per heavy atom. The predicted molar refractivity (Wildman–Crippen MR) is 92.7 cm³/mol. The summed E-state index contributed by atoms with van der Waals surface area (Å²) in [4.78, 5) is 11.4. The molecule has 0 amide bonds. The first kappa shape index (κ1) is 16.6. The first-order valence-corrected chi connectivity index (χ1v) is 8.72. The molecule has 0 spiro atoms. The maximum absolute atomic E-state index is 11.4. The number of carboxylic acid groups (broad SMARTS) is 1. The fourth-order valence-corrected chi connectivity index (χ4v) is 4.02. The zero-order valence-corrected chi connectivity index (χ0v) is 14.5. The van der Waals surface area contributed by atoms with Crippen LogP contribution in [0.3, 0.4) is 0 Å². The minimum Gasteiger partial charge on any atom is -0.477 e. The van der Waals surface area contributed by atoms with Gasteiger partial charge in [0.05, 0.1) is 12.1 Å². The number of rotatable bonds is 3. The van der Waals surface area contributed by atoms with Gasteiger partial charge in [-0.05, 0) is 43.3 Å². The predicted octanol–water partition coefficient (Wildman–Crippen LogP) is 4.27. The largest absolute Gasteiger partial charge is 0.477 e. The molecule has 0 aromatic rings. The van der Waals surface area contributed by atoms with E-state index in [0.29, 0.717) is 12.3 Å². The quantitative estimate of drug-likeness (QED) is 0.823. The summed E-state index contributed by atoms with van der Waals surface area (Å²) in [6.07, 6.45) is 9.95. The average Bonchev–Trinajstić information content (AvgIpc) is 2.93. The highest BCUT2D eigenvalue weighted by molar-refractivity contribution is 6.36.